The summed E-state index contributed by atoms with van der Waals surface area (Å²) in [5.41, 5.74) is -0.288. The Bertz CT molecular complexity index is 2090. The lowest BCUT2D eigenvalue weighted by Crippen LogP contribution is -2.53. The molecule has 2 heterocycles. The van der Waals surface area contributed by atoms with Crippen LogP contribution in [0, 0.1) is 5.92 Å². The summed E-state index contributed by atoms with van der Waals surface area (Å²) in [7, 11) is 7.13. The largest absolute Gasteiger partial charge is 0.507 e. The van der Waals surface area contributed by atoms with Gasteiger partial charge in [-0.2, -0.15) is 11.8 Å². The molecule has 1 amide bonds. The number of halogens is 1. The monoisotopic (exact) mass is 779 g/mol. The van der Waals surface area contributed by atoms with Crippen molar-refractivity contribution in [3.05, 3.63) is 75.8 Å². The number of methoxy groups -OCH3 is 5. The van der Waals surface area contributed by atoms with Crippen LogP contribution in [0.1, 0.15) is 59.9 Å². The lowest BCUT2D eigenvalue weighted by Gasteiger charge is -2.39. The average molecular weight is 780 g/mol. The number of hydrogen-bond acceptors (Lipinski definition) is 12. The third-order valence-corrected chi connectivity index (χ3v) is 11.0. The predicted octanol–water partition coefficient (Wildman–Crippen LogP) is 6.78. The van der Waals surface area contributed by atoms with Crippen LogP contribution < -0.4 is 33.7 Å². The molecule has 54 heavy (non-hydrogen) atoms. The predicted molar refractivity (Wildman–Crippen MR) is 204 cm³/mol. The Labute approximate surface area is 321 Å². The van der Waals surface area contributed by atoms with E-state index in [9.17, 15) is 19.5 Å². The number of aliphatic hydroxyl groups is 1. The number of thioether (sulfide) groups is 1. The standard InChI is InChI=1S/C39H42ClN3O10S/c1-19-14-25(44)31(36(46)39(19)37(47)32-26(48-2)18-27(49-3)33(40)35(32)53-39)21(20-15-28(50-4)34(52-6)29(16-20)51-5)17-30(45)41-24(12-13-54-7)38-42-22-10-8-9-11-23(22)43-38/h8-11,15-16,18-19,21,24,46H,12-14,17H2,1-7H3,(H,41,45)(H,42,43)/t19-,21?,24+,39+/m1/s1. The number of Topliss-reactive ketones (excluding diaryl/α,β-unsaturated/α-hetero) is 2. The topological polar surface area (TPSA) is 168 Å². The number of rotatable bonds is 14. The number of nitrogens with zero attached hydrogens (tertiary/aromatic N) is 1. The maximum Gasteiger partial charge on any atom is 0.231 e. The van der Waals surface area contributed by atoms with Gasteiger partial charge >= 0.3 is 0 Å². The van der Waals surface area contributed by atoms with Crippen molar-refractivity contribution in [3.63, 3.8) is 0 Å². The summed E-state index contributed by atoms with van der Waals surface area (Å²) in [5, 5.41) is 15.5. The Hall–Kier alpha value is -5.08. The van der Waals surface area contributed by atoms with E-state index in [0.717, 1.165) is 16.8 Å². The lowest BCUT2D eigenvalue weighted by atomic mass is 9.69. The van der Waals surface area contributed by atoms with Crippen molar-refractivity contribution in [2.75, 3.05) is 47.6 Å². The Morgan fingerprint density at radius 3 is 2.31 bits per heavy atom. The number of fused-ring (bicyclic) bond motifs is 2. The molecule has 1 aliphatic heterocycles. The summed E-state index contributed by atoms with van der Waals surface area (Å²) in [5.74, 6) is -1.82. The number of carbonyl (C=O) groups excluding carboxylic acids is 3. The van der Waals surface area contributed by atoms with Crippen molar-refractivity contribution in [2.24, 2.45) is 5.92 Å². The van der Waals surface area contributed by atoms with Gasteiger partial charge in [0.05, 0.1) is 52.6 Å². The molecule has 4 aromatic rings. The van der Waals surface area contributed by atoms with Crippen LogP contribution in [-0.2, 0) is 9.59 Å². The molecule has 13 nitrogen and oxygen atoms in total. The minimum absolute atomic E-state index is 0.0000477. The molecule has 0 bridgehead atoms. The van der Waals surface area contributed by atoms with E-state index in [-0.39, 0.29) is 63.5 Å². The lowest BCUT2D eigenvalue weighted by molar-refractivity contribution is -0.122. The van der Waals surface area contributed by atoms with E-state index in [1.54, 1.807) is 30.8 Å². The molecule has 6 rings (SSSR count). The second-order valence-corrected chi connectivity index (χ2v) is 14.4. The van der Waals surface area contributed by atoms with Crippen LogP contribution >= 0.6 is 23.4 Å². The Morgan fingerprint density at radius 1 is 1.04 bits per heavy atom. The maximum atomic E-state index is 14.6. The number of imidazole rings is 1. The van der Waals surface area contributed by atoms with Crippen LogP contribution in [0.3, 0.4) is 0 Å². The number of aromatic amines is 1. The first-order valence-corrected chi connectivity index (χ1v) is 18.9. The van der Waals surface area contributed by atoms with Gasteiger partial charge in [-0.25, -0.2) is 4.98 Å². The van der Waals surface area contributed by atoms with Gasteiger partial charge < -0.3 is 43.8 Å². The average Bonchev–Trinajstić information content (AvgIpc) is 3.75. The normalized spacial score (nSPS) is 19.0. The smallest absolute Gasteiger partial charge is 0.231 e. The molecule has 1 unspecified atom stereocenters. The highest BCUT2D eigenvalue weighted by Gasteiger charge is 2.61. The van der Waals surface area contributed by atoms with Gasteiger partial charge in [-0.15, -0.1) is 0 Å². The van der Waals surface area contributed by atoms with Crippen LogP contribution in [0.4, 0.5) is 0 Å². The van der Waals surface area contributed by atoms with Crippen molar-refractivity contribution >= 4 is 51.9 Å². The Kier molecular flexibility index (Phi) is 11.2. The van der Waals surface area contributed by atoms with Crippen molar-refractivity contribution in [1.82, 2.24) is 15.3 Å². The number of amides is 1. The summed E-state index contributed by atoms with van der Waals surface area (Å²) in [6, 6.07) is 11.7. The first kappa shape index (κ1) is 38.6. The van der Waals surface area contributed by atoms with E-state index in [4.69, 9.17) is 45.0 Å². The summed E-state index contributed by atoms with van der Waals surface area (Å²) in [6.07, 6.45) is 2.00. The van der Waals surface area contributed by atoms with Crippen LogP contribution in [0.25, 0.3) is 11.0 Å². The van der Waals surface area contributed by atoms with E-state index >= 15 is 0 Å². The van der Waals surface area contributed by atoms with Crippen molar-refractivity contribution in [1.29, 1.82) is 0 Å². The van der Waals surface area contributed by atoms with Crippen molar-refractivity contribution < 1.29 is 47.9 Å². The molecule has 1 aromatic heterocycles. The molecular weight excluding hydrogens is 738 g/mol. The highest BCUT2D eigenvalue weighted by atomic mass is 35.5. The van der Waals surface area contributed by atoms with Gasteiger partial charge in [-0.3, -0.25) is 14.4 Å². The summed E-state index contributed by atoms with van der Waals surface area (Å²) < 4.78 is 34.2. The molecule has 1 spiro atoms. The summed E-state index contributed by atoms with van der Waals surface area (Å²) in [4.78, 5) is 51.2. The van der Waals surface area contributed by atoms with Gasteiger partial charge in [0.1, 0.15) is 27.9 Å². The van der Waals surface area contributed by atoms with Gasteiger partial charge in [-0.1, -0.05) is 30.7 Å². The maximum absolute atomic E-state index is 14.6. The number of aliphatic hydroxyl groups excluding tert-OH is 1. The fourth-order valence-electron chi connectivity index (χ4n) is 7.32. The molecule has 4 atom stereocenters. The number of ketones is 2. The Morgan fingerprint density at radius 2 is 1.70 bits per heavy atom. The summed E-state index contributed by atoms with van der Waals surface area (Å²) in [6.45, 7) is 1.64. The van der Waals surface area contributed by atoms with E-state index in [1.807, 2.05) is 30.5 Å². The minimum atomic E-state index is -2.07. The number of hydrogen-bond donors (Lipinski definition) is 3. The molecule has 1 aliphatic carbocycles. The van der Waals surface area contributed by atoms with Gasteiger partial charge in [0, 0.05) is 36.3 Å². The number of nitrogens with one attached hydrogen (secondary N) is 2. The van der Waals surface area contributed by atoms with Crippen LogP contribution in [0.15, 0.2) is 53.8 Å². The molecule has 0 saturated carbocycles. The van der Waals surface area contributed by atoms with E-state index < -0.39 is 46.7 Å². The number of ether oxygens (including phenoxy) is 6. The minimum Gasteiger partial charge on any atom is -0.507 e. The van der Waals surface area contributed by atoms with E-state index in [1.165, 1.54) is 41.6 Å². The number of para-hydroxylation sites is 2. The number of allylic oxidation sites excluding steroid dienone is 1. The fourth-order valence-corrected chi connectivity index (χ4v) is 8.05. The zero-order chi connectivity index (χ0) is 38.9. The number of benzene rings is 3. The van der Waals surface area contributed by atoms with Crippen LogP contribution in [-0.4, -0.2) is 85.7 Å². The van der Waals surface area contributed by atoms with Crippen LogP contribution in [0.5, 0.6) is 34.5 Å². The third kappa shape index (κ3) is 6.55. The van der Waals surface area contributed by atoms with Gasteiger partial charge in [0.25, 0.3) is 0 Å². The molecule has 2 aliphatic rings. The first-order chi connectivity index (χ1) is 26.0. The zero-order valence-corrected chi connectivity index (χ0v) is 32.5. The molecule has 3 N–H and O–H groups in total. The van der Waals surface area contributed by atoms with E-state index in [2.05, 4.69) is 10.3 Å². The second-order valence-electron chi connectivity index (χ2n) is 13.0. The number of H-pyrrole nitrogens is 1. The van der Waals surface area contributed by atoms with Gasteiger partial charge in [-0.05, 0) is 48.3 Å². The fraction of sp³-hybridized carbons (Fsp3) is 0.385. The molecule has 286 valence electrons. The zero-order valence-electron chi connectivity index (χ0n) is 31.0. The second kappa shape index (κ2) is 15.7. The SMILES string of the molecule is COc1cc(OC)c2c(c1Cl)O[C@]1(C2=O)C(O)=C(C(CC(=O)N[C@@H](CCSC)c2nc3ccccc3[nH]2)c2cc(OC)c(OC)c(OC)c2)C(=O)C[C@H]1C. The molecule has 3 aromatic carbocycles. The third-order valence-electron chi connectivity index (χ3n) is 10.0. The summed E-state index contributed by atoms with van der Waals surface area (Å²) >= 11 is 8.30. The van der Waals surface area contributed by atoms with Crippen molar-refractivity contribution in [2.45, 2.75) is 43.7 Å². The highest BCUT2D eigenvalue weighted by Crippen LogP contribution is 2.56. The highest BCUT2D eigenvalue weighted by molar-refractivity contribution is 7.98. The number of aromatic nitrogens is 2. The van der Waals surface area contributed by atoms with Crippen molar-refractivity contribution in [3.8, 4) is 34.5 Å². The molecule has 0 fully saturated rings. The quantitative estimate of drug-likeness (QED) is 0.123. The van der Waals surface area contributed by atoms with Gasteiger partial charge in [0.2, 0.25) is 23.0 Å². The molecular formula is C39H42ClN3O10S. The Balaban J connectivity index is 1.49. The van der Waals surface area contributed by atoms with Gasteiger partial charge in [0.15, 0.2) is 28.8 Å². The van der Waals surface area contributed by atoms with Crippen LogP contribution in [0.2, 0.25) is 5.02 Å². The van der Waals surface area contributed by atoms with E-state index in [0.29, 0.717) is 17.8 Å². The molecule has 0 saturated heterocycles. The molecule has 15 heteroatoms. The first-order valence-electron chi connectivity index (χ1n) is 17.2. The number of carbonyl (C=O) groups is 3. The molecule has 0 radical (unpaired) electrons.